The normalized spacial score (nSPS) is 19.3. The van der Waals surface area contributed by atoms with Gasteiger partial charge in [0.25, 0.3) is 0 Å². The van der Waals surface area contributed by atoms with Gasteiger partial charge < -0.3 is 10.3 Å². The molecule has 1 heterocycles. The molecule has 0 aliphatic carbocycles. The lowest BCUT2D eigenvalue weighted by Gasteiger charge is -2.36. The molecular formula is C13H20N4O2. The number of nitrogens with two attached hydrogens (primary N) is 1. The predicted octanol–water partition coefficient (Wildman–Crippen LogP) is 2.65. The number of hydrazine groups is 1. The largest absolute Gasteiger partial charge is 0.363 e. The van der Waals surface area contributed by atoms with E-state index in [9.17, 15) is 10.1 Å². The summed E-state index contributed by atoms with van der Waals surface area (Å²) in [6.45, 7) is 2.99. The third-order valence-corrected chi connectivity index (χ3v) is 3.76. The number of hydrogen-bond donors (Lipinski definition) is 2. The fourth-order valence-electron chi connectivity index (χ4n) is 2.81. The third-order valence-electron chi connectivity index (χ3n) is 3.76. The van der Waals surface area contributed by atoms with Gasteiger partial charge in [-0.15, -0.1) is 0 Å². The van der Waals surface area contributed by atoms with Crippen LogP contribution in [0.3, 0.4) is 0 Å². The molecule has 2 rings (SSSR count). The zero-order valence-corrected chi connectivity index (χ0v) is 11.1. The minimum Gasteiger partial charge on any atom is -0.363 e. The van der Waals surface area contributed by atoms with Crippen molar-refractivity contribution in [3.8, 4) is 0 Å². The van der Waals surface area contributed by atoms with Crippen LogP contribution < -0.4 is 16.2 Å². The number of para-hydroxylation sites is 1. The van der Waals surface area contributed by atoms with Gasteiger partial charge in [-0.25, -0.2) is 0 Å². The van der Waals surface area contributed by atoms with Gasteiger partial charge in [-0.1, -0.05) is 13.0 Å². The maximum absolute atomic E-state index is 11.3. The molecule has 0 radical (unpaired) electrons. The summed E-state index contributed by atoms with van der Waals surface area (Å²) in [7, 11) is 0. The molecule has 0 amide bonds. The Morgan fingerprint density at radius 2 is 2.32 bits per heavy atom. The Hall–Kier alpha value is -1.82. The molecule has 3 N–H and O–H groups in total. The van der Waals surface area contributed by atoms with Gasteiger partial charge in [-0.2, -0.15) is 0 Å². The van der Waals surface area contributed by atoms with E-state index in [0.29, 0.717) is 17.4 Å². The van der Waals surface area contributed by atoms with Crippen LogP contribution in [0.25, 0.3) is 0 Å². The quantitative estimate of drug-likeness (QED) is 0.496. The van der Waals surface area contributed by atoms with Crippen molar-refractivity contribution in [3.05, 3.63) is 28.3 Å². The van der Waals surface area contributed by atoms with Crippen molar-refractivity contribution >= 4 is 17.1 Å². The summed E-state index contributed by atoms with van der Waals surface area (Å²) in [5, 5.41) is 11.3. The molecule has 1 atom stereocenters. The zero-order chi connectivity index (χ0) is 13.8. The fraction of sp³-hybridized carbons (Fsp3) is 0.538. The molecule has 1 fully saturated rings. The van der Waals surface area contributed by atoms with E-state index in [4.69, 9.17) is 5.84 Å². The van der Waals surface area contributed by atoms with E-state index < -0.39 is 0 Å². The number of piperidine rings is 1. The van der Waals surface area contributed by atoms with Crippen molar-refractivity contribution in [2.75, 3.05) is 16.9 Å². The predicted molar refractivity (Wildman–Crippen MR) is 76.2 cm³/mol. The van der Waals surface area contributed by atoms with E-state index in [2.05, 4.69) is 17.2 Å². The van der Waals surface area contributed by atoms with Crippen molar-refractivity contribution in [3.63, 3.8) is 0 Å². The first-order chi connectivity index (χ1) is 9.19. The summed E-state index contributed by atoms with van der Waals surface area (Å²) >= 11 is 0. The number of nitro benzene ring substituents is 1. The Balaban J connectivity index is 2.45. The minimum atomic E-state index is -0.355. The molecule has 1 saturated heterocycles. The topological polar surface area (TPSA) is 84.4 Å². The van der Waals surface area contributed by atoms with E-state index in [1.54, 1.807) is 12.1 Å². The Morgan fingerprint density at radius 3 is 2.95 bits per heavy atom. The van der Waals surface area contributed by atoms with Crippen LogP contribution in [0, 0.1) is 10.1 Å². The Kier molecular flexibility index (Phi) is 4.21. The zero-order valence-electron chi connectivity index (χ0n) is 11.1. The van der Waals surface area contributed by atoms with E-state index in [0.717, 1.165) is 25.8 Å². The smallest absolute Gasteiger partial charge is 0.316 e. The molecule has 0 bridgehead atoms. The monoisotopic (exact) mass is 264 g/mol. The van der Waals surface area contributed by atoms with Crippen LogP contribution in [0.2, 0.25) is 0 Å². The van der Waals surface area contributed by atoms with Crippen LogP contribution >= 0.6 is 0 Å². The van der Waals surface area contributed by atoms with Gasteiger partial charge in [0.15, 0.2) is 0 Å². The second-order valence-corrected chi connectivity index (χ2v) is 4.83. The lowest BCUT2D eigenvalue weighted by atomic mass is 9.98. The van der Waals surface area contributed by atoms with E-state index in [-0.39, 0.29) is 10.6 Å². The van der Waals surface area contributed by atoms with Crippen LogP contribution in [0.15, 0.2) is 18.2 Å². The van der Waals surface area contributed by atoms with Gasteiger partial charge in [0.2, 0.25) is 0 Å². The summed E-state index contributed by atoms with van der Waals surface area (Å²) in [4.78, 5) is 13.1. The van der Waals surface area contributed by atoms with E-state index in [1.807, 2.05) is 6.07 Å². The van der Waals surface area contributed by atoms with Crippen LogP contribution in [-0.2, 0) is 0 Å². The first kappa shape index (κ1) is 13.6. The number of hydrogen-bond acceptors (Lipinski definition) is 5. The Morgan fingerprint density at radius 1 is 1.53 bits per heavy atom. The molecule has 104 valence electrons. The van der Waals surface area contributed by atoms with E-state index >= 15 is 0 Å². The highest BCUT2D eigenvalue weighted by atomic mass is 16.6. The van der Waals surface area contributed by atoms with Gasteiger partial charge in [0, 0.05) is 12.6 Å². The number of nitrogen functional groups attached to an aromatic ring is 1. The molecule has 6 heteroatoms. The second kappa shape index (κ2) is 5.88. The number of nitrogens with zero attached hydrogens (tertiary/aromatic N) is 2. The molecule has 1 unspecified atom stereocenters. The summed E-state index contributed by atoms with van der Waals surface area (Å²) < 4.78 is 0. The highest BCUT2D eigenvalue weighted by Crippen LogP contribution is 2.38. The fourth-order valence-corrected chi connectivity index (χ4v) is 2.81. The molecular weight excluding hydrogens is 244 g/mol. The van der Waals surface area contributed by atoms with Gasteiger partial charge in [0.1, 0.15) is 11.4 Å². The first-order valence-electron chi connectivity index (χ1n) is 6.69. The molecule has 1 aliphatic rings. The lowest BCUT2D eigenvalue weighted by Crippen LogP contribution is -2.39. The molecule has 19 heavy (non-hydrogen) atoms. The first-order valence-corrected chi connectivity index (χ1v) is 6.69. The van der Waals surface area contributed by atoms with Gasteiger partial charge in [-0.3, -0.25) is 16.0 Å². The lowest BCUT2D eigenvalue weighted by molar-refractivity contribution is -0.383. The third kappa shape index (κ3) is 2.63. The molecule has 0 aromatic heterocycles. The van der Waals surface area contributed by atoms with Gasteiger partial charge in [-0.05, 0) is 37.8 Å². The standard InChI is InChI=1S/C13H20N4O2/c1-2-10-6-3-4-9-16(10)12-8-5-7-11(15-14)13(12)17(18)19/h5,7-8,10,15H,2-4,6,9,14H2,1H3. The van der Waals surface area contributed by atoms with Crippen LogP contribution in [0.4, 0.5) is 17.1 Å². The SMILES string of the molecule is CCC1CCCCN1c1cccc(NN)c1[N+](=O)[O-]. The molecule has 1 aliphatic heterocycles. The highest BCUT2D eigenvalue weighted by molar-refractivity contribution is 5.77. The van der Waals surface area contributed by atoms with Crippen LogP contribution in [0.1, 0.15) is 32.6 Å². The summed E-state index contributed by atoms with van der Waals surface area (Å²) in [5.74, 6) is 5.38. The molecule has 0 saturated carbocycles. The van der Waals surface area contributed by atoms with Crippen LogP contribution in [0.5, 0.6) is 0 Å². The number of anilines is 2. The van der Waals surface area contributed by atoms with Gasteiger partial charge >= 0.3 is 5.69 Å². The molecule has 1 aromatic rings. The summed E-state index contributed by atoms with van der Waals surface area (Å²) in [6, 6.07) is 5.62. The van der Waals surface area contributed by atoms with Crippen molar-refractivity contribution in [1.82, 2.24) is 0 Å². The number of rotatable bonds is 4. The van der Waals surface area contributed by atoms with Crippen molar-refractivity contribution < 1.29 is 4.92 Å². The Bertz CT molecular complexity index is 464. The maximum Gasteiger partial charge on any atom is 0.316 e. The second-order valence-electron chi connectivity index (χ2n) is 4.83. The van der Waals surface area contributed by atoms with Crippen molar-refractivity contribution in [1.29, 1.82) is 0 Å². The number of nitro groups is 1. The number of nitrogens with one attached hydrogen (secondary N) is 1. The highest BCUT2D eigenvalue weighted by Gasteiger charge is 2.28. The van der Waals surface area contributed by atoms with Crippen molar-refractivity contribution in [2.24, 2.45) is 5.84 Å². The average molecular weight is 264 g/mol. The van der Waals surface area contributed by atoms with Gasteiger partial charge in [0.05, 0.1) is 4.92 Å². The number of benzene rings is 1. The summed E-state index contributed by atoms with van der Waals surface area (Å²) in [5.41, 5.74) is 3.53. The van der Waals surface area contributed by atoms with E-state index in [1.165, 1.54) is 6.42 Å². The molecule has 6 nitrogen and oxygen atoms in total. The van der Waals surface area contributed by atoms with Crippen molar-refractivity contribution in [2.45, 2.75) is 38.6 Å². The Labute approximate surface area is 112 Å². The maximum atomic E-state index is 11.3. The van der Waals surface area contributed by atoms with Crippen LogP contribution in [-0.4, -0.2) is 17.5 Å². The summed E-state index contributed by atoms with van der Waals surface area (Å²) in [6.07, 6.45) is 4.36. The molecule has 0 spiro atoms. The minimum absolute atomic E-state index is 0.0744. The molecule has 1 aromatic carbocycles. The average Bonchev–Trinajstić information content (AvgIpc) is 2.46.